The third-order valence-corrected chi connectivity index (χ3v) is 2.55. The summed E-state index contributed by atoms with van der Waals surface area (Å²) in [6.07, 6.45) is 2.08. The lowest BCUT2D eigenvalue weighted by molar-refractivity contribution is 0.252. The number of ether oxygens (including phenoxy) is 1. The molecule has 2 aromatic rings. The van der Waals surface area contributed by atoms with Crippen molar-refractivity contribution in [3.8, 4) is 5.75 Å². The third kappa shape index (κ3) is 3.74. The average molecular weight is 261 g/mol. The van der Waals surface area contributed by atoms with Crippen molar-refractivity contribution >= 4 is 11.8 Å². The van der Waals surface area contributed by atoms with Crippen LogP contribution in [0.1, 0.15) is 5.56 Å². The molecule has 19 heavy (non-hydrogen) atoms. The number of amides is 2. The van der Waals surface area contributed by atoms with Crippen LogP contribution < -0.4 is 15.4 Å². The van der Waals surface area contributed by atoms with Crippen molar-refractivity contribution in [2.24, 2.45) is 0 Å². The first-order chi connectivity index (χ1) is 9.29. The molecule has 0 aliphatic heterocycles. The summed E-state index contributed by atoms with van der Waals surface area (Å²) >= 11 is 0. The molecule has 0 fully saturated rings. The molecule has 0 radical (unpaired) electrons. The van der Waals surface area contributed by atoms with E-state index in [9.17, 15) is 4.79 Å². The molecule has 1 heterocycles. The normalized spacial score (nSPS) is 9.95. The predicted octanol–water partition coefficient (Wildman–Crippen LogP) is 2.05. The highest BCUT2D eigenvalue weighted by molar-refractivity contribution is 5.87. The largest absolute Gasteiger partial charge is 0.496 e. The zero-order valence-electron chi connectivity index (χ0n) is 10.6. The van der Waals surface area contributed by atoms with Crippen LogP contribution in [0.3, 0.4) is 0 Å². The number of hydrogen-bond acceptors (Lipinski definition) is 4. The topological polar surface area (TPSA) is 76.4 Å². The number of urea groups is 1. The summed E-state index contributed by atoms with van der Waals surface area (Å²) in [6, 6.07) is 8.96. The van der Waals surface area contributed by atoms with Gasteiger partial charge in [0.15, 0.2) is 5.82 Å². The molecule has 1 aromatic heterocycles. The molecule has 100 valence electrons. The van der Waals surface area contributed by atoms with Crippen LogP contribution in [0.4, 0.5) is 10.6 Å². The van der Waals surface area contributed by atoms with Crippen molar-refractivity contribution in [1.29, 1.82) is 0 Å². The van der Waals surface area contributed by atoms with Crippen LogP contribution in [-0.2, 0) is 6.42 Å². The van der Waals surface area contributed by atoms with Gasteiger partial charge in [-0.05, 0) is 18.1 Å². The van der Waals surface area contributed by atoms with Gasteiger partial charge >= 0.3 is 6.03 Å². The number of anilines is 1. The van der Waals surface area contributed by atoms with E-state index in [4.69, 9.17) is 4.74 Å². The van der Waals surface area contributed by atoms with Crippen molar-refractivity contribution in [2.45, 2.75) is 6.42 Å². The van der Waals surface area contributed by atoms with E-state index in [1.54, 1.807) is 13.2 Å². The van der Waals surface area contributed by atoms with Gasteiger partial charge in [-0.3, -0.25) is 5.32 Å². The van der Waals surface area contributed by atoms with Crippen LogP contribution in [-0.4, -0.2) is 24.8 Å². The Morgan fingerprint density at radius 3 is 2.95 bits per heavy atom. The number of para-hydroxylation sites is 1. The number of nitrogens with zero attached hydrogens (tertiary/aromatic N) is 1. The molecule has 0 atom stereocenters. The van der Waals surface area contributed by atoms with E-state index in [0.717, 1.165) is 11.3 Å². The molecule has 2 amide bonds. The van der Waals surface area contributed by atoms with E-state index in [2.05, 4.69) is 20.3 Å². The molecular formula is C13H15N3O3. The van der Waals surface area contributed by atoms with Gasteiger partial charge in [0.1, 0.15) is 12.0 Å². The minimum absolute atomic E-state index is 0.316. The van der Waals surface area contributed by atoms with Gasteiger partial charge in [0.2, 0.25) is 0 Å². The minimum Gasteiger partial charge on any atom is -0.496 e. The summed E-state index contributed by atoms with van der Waals surface area (Å²) in [4.78, 5) is 11.5. The molecule has 0 aliphatic carbocycles. The molecule has 0 saturated carbocycles. The molecule has 1 aromatic carbocycles. The molecule has 6 nitrogen and oxygen atoms in total. The Balaban J connectivity index is 1.78. The van der Waals surface area contributed by atoms with Gasteiger partial charge in [-0.15, -0.1) is 0 Å². The smallest absolute Gasteiger partial charge is 0.320 e. The minimum atomic E-state index is -0.316. The molecular weight excluding hydrogens is 246 g/mol. The van der Waals surface area contributed by atoms with E-state index in [0.29, 0.717) is 18.8 Å². The van der Waals surface area contributed by atoms with Crippen LogP contribution in [0.15, 0.2) is 41.1 Å². The number of carbonyl (C=O) groups excluding carboxylic acids is 1. The molecule has 0 spiro atoms. The van der Waals surface area contributed by atoms with Crippen molar-refractivity contribution in [3.05, 3.63) is 42.2 Å². The lowest BCUT2D eigenvalue weighted by Gasteiger charge is -2.09. The second-order valence-electron chi connectivity index (χ2n) is 3.83. The number of nitrogens with one attached hydrogen (secondary N) is 2. The van der Waals surface area contributed by atoms with E-state index in [-0.39, 0.29) is 6.03 Å². The summed E-state index contributed by atoms with van der Waals surface area (Å²) in [6.45, 7) is 0.504. The SMILES string of the molecule is COc1ccccc1CCNC(=O)Nc1ccon1. The number of aromatic nitrogens is 1. The van der Waals surface area contributed by atoms with Crippen LogP contribution in [0.5, 0.6) is 5.75 Å². The molecule has 0 saturated heterocycles. The monoisotopic (exact) mass is 261 g/mol. The van der Waals surface area contributed by atoms with Crippen LogP contribution in [0.2, 0.25) is 0 Å². The molecule has 6 heteroatoms. The van der Waals surface area contributed by atoms with Gasteiger partial charge in [0.05, 0.1) is 7.11 Å². The fourth-order valence-electron chi connectivity index (χ4n) is 1.66. The lowest BCUT2D eigenvalue weighted by atomic mass is 10.1. The van der Waals surface area contributed by atoms with Gasteiger partial charge in [0, 0.05) is 12.6 Å². The van der Waals surface area contributed by atoms with Gasteiger partial charge in [-0.25, -0.2) is 4.79 Å². The van der Waals surface area contributed by atoms with Crippen LogP contribution in [0, 0.1) is 0 Å². The summed E-state index contributed by atoms with van der Waals surface area (Å²) in [5, 5.41) is 8.87. The summed E-state index contributed by atoms with van der Waals surface area (Å²) < 4.78 is 9.85. The van der Waals surface area contributed by atoms with Crippen molar-refractivity contribution in [3.63, 3.8) is 0 Å². The zero-order valence-corrected chi connectivity index (χ0v) is 10.6. The average Bonchev–Trinajstić information content (AvgIpc) is 2.92. The van der Waals surface area contributed by atoms with E-state index in [1.165, 1.54) is 6.26 Å². The summed E-state index contributed by atoms with van der Waals surface area (Å²) in [5.41, 5.74) is 1.05. The Morgan fingerprint density at radius 1 is 1.37 bits per heavy atom. The zero-order chi connectivity index (χ0) is 13.5. The maximum absolute atomic E-state index is 11.5. The van der Waals surface area contributed by atoms with Crippen molar-refractivity contribution in [1.82, 2.24) is 10.5 Å². The highest BCUT2D eigenvalue weighted by Crippen LogP contribution is 2.17. The Hall–Kier alpha value is -2.50. The third-order valence-electron chi connectivity index (χ3n) is 2.55. The molecule has 0 aliphatic rings. The number of methoxy groups -OCH3 is 1. The van der Waals surface area contributed by atoms with E-state index < -0.39 is 0 Å². The first kappa shape index (κ1) is 12.9. The highest BCUT2D eigenvalue weighted by atomic mass is 16.5. The number of carbonyl (C=O) groups is 1. The number of benzene rings is 1. The second-order valence-corrected chi connectivity index (χ2v) is 3.83. The standard InChI is InChI=1S/C13H15N3O3/c1-18-11-5-3-2-4-10(11)6-8-14-13(17)15-12-7-9-19-16-12/h2-5,7,9H,6,8H2,1H3,(H2,14,15,16,17). The van der Waals surface area contributed by atoms with Gasteiger partial charge in [-0.2, -0.15) is 0 Å². The second kappa shape index (κ2) is 6.44. The first-order valence-electron chi connectivity index (χ1n) is 5.86. The highest BCUT2D eigenvalue weighted by Gasteiger charge is 2.05. The van der Waals surface area contributed by atoms with Gasteiger partial charge in [0.25, 0.3) is 0 Å². The first-order valence-corrected chi connectivity index (χ1v) is 5.86. The fourth-order valence-corrected chi connectivity index (χ4v) is 1.66. The van der Waals surface area contributed by atoms with Crippen molar-refractivity contribution in [2.75, 3.05) is 19.0 Å². The molecule has 2 rings (SSSR count). The Morgan fingerprint density at radius 2 is 2.21 bits per heavy atom. The maximum Gasteiger partial charge on any atom is 0.320 e. The molecule has 0 bridgehead atoms. The summed E-state index contributed by atoms with van der Waals surface area (Å²) in [5.74, 6) is 1.20. The Labute approximate surface area is 110 Å². The summed E-state index contributed by atoms with van der Waals surface area (Å²) in [7, 11) is 1.63. The Kier molecular flexibility index (Phi) is 4.39. The Bertz CT molecular complexity index is 526. The number of rotatable bonds is 5. The predicted molar refractivity (Wildman–Crippen MR) is 70.2 cm³/mol. The number of hydrogen-bond donors (Lipinski definition) is 2. The van der Waals surface area contributed by atoms with Gasteiger partial charge in [-0.1, -0.05) is 23.4 Å². The quantitative estimate of drug-likeness (QED) is 0.863. The van der Waals surface area contributed by atoms with E-state index >= 15 is 0 Å². The van der Waals surface area contributed by atoms with Crippen LogP contribution in [0.25, 0.3) is 0 Å². The fraction of sp³-hybridized carbons (Fsp3) is 0.231. The van der Waals surface area contributed by atoms with E-state index in [1.807, 2.05) is 24.3 Å². The van der Waals surface area contributed by atoms with Gasteiger partial charge < -0.3 is 14.6 Å². The lowest BCUT2D eigenvalue weighted by Crippen LogP contribution is -2.30. The van der Waals surface area contributed by atoms with Crippen LogP contribution >= 0.6 is 0 Å². The molecule has 2 N–H and O–H groups in total. The molecule has 0 unspecified atom stereocenters. The maximum atomic E-state index is 11.5. The van der Waals surface area contributed by atoms with Crippen molar-refractivity contribution < 1.29 is 14.1 Å².